The van der Waals surface area contributed by atoms with E-state index in [1.807, 2.05) is 0 Å². The Balaban J connectivity index is 2.95. The molecule has 2 atom stereocenters. The van der Waals surface area contributed by atoms with Gasteiger partial charge >= 0.3 is 22.3 Å². The van der Waals surface area contributed by atoms with Crippen LogP contribution in [0.15, 0.2) is 0 Å². The summed E-state index contributed by atoms with van der Waals surface area (Å²) < 4.78 is 30.1. The summed E-state index contributed by atoms with van der Waals surface area (Å²) in [5.41, 5.74) is 0. The van der Waals surface area contributed by atoms with Gasteiger partial charge in [0.25, 0.3) is 0 Å². The van der Waals surface area contributed by atoms with Crippen LogP contribution in [-0.2, 0) is 19.7 Å². The molecule has 98 valence electrons. The van der Waals surface area contributed by atoms with Crippen molar-refractivity contribution in [3.05, 3.63) is 0 Å². The van der Waals surface area contributed by atoms with Gasteiger partial charge in [0.15, 0.2) is 0 Å². The van der Waals surface area contributed by atoms with Crippen LogP contribution in [0.4, 0.5) is 4.79 Å². The Morgan fingerprint density at radius 1 is 1.53 bits per heavy atom. The summed E-state index contributed by atoms with van der Waals surface area (Å²) in [6.45, 7) is 1.55. The van der Waals surface area contributed by atoms with Crippen molar-refractivity contribution < 1.29 is 27.9 Å². The highest BCUT2D eigenvalue weighted by Gasteiger charge is 2.44. The number of carboxylic acids is 1. The van der Waals surface area contributed by atoms with Crippen molar-refractivity contribution in [2.45, 2.75) is 18.3 Å². The molecule has 2 N–H and O–H groups in total. The zero-order valence-corrected chi connectivity index (χ0v) is 10.7. The summed E-state index contributed by atoms with van der Waals surface area (Å²) in [4.78, 5) is 21.8. The molecule has 1 amide bonds. The summed E-state index contributed by atoms with van der Waals surface area (Å²) in [6.07, 6.45) is -1.15. The molecule has 17 heavy (non-hydrogen) atoms. The normalized spacial score (nSPS) is 25.5. The van der Waals surface area contributed by atoms with Crippen LogP contribution in [0.1, 0.15) is 6.92 Å². The molecule has 0 aromatic carbocycles. The number of carbonyl (C=O) groups is 2. The van der Waals surface area contributed by atoms with E-state index in [2.05, 4.69) is 4.74 Å². The van der Waals surface area contributed by atoms with Gasteiger partial charge in [-0.1, -0.05) is 0 Å². The highest BCUT2D eigenvalue weighted by atomic mass is 32.2. The van der Waals surface area contributed by atoms with Gasteiger partial charge in [0.05, 0.1) is 12.5 Å². The SMILES string of the molecule is COC(=O)NS(=O)(=O)N1C(C)SCC1C(=O)O. The Hall–Kier alpha value is -1.00. The summed E-state index contributed by atoms with van der Waals surface area (Å²) in [5.74, 6) is -1.12. The Labute approximate surface area is 102 Å². The second-order valence-electron chi connectivity index (χ2n) is 3.22. The average Bonchev–Trinajstić information content (AvgIpc) is 2.60. The third kappa shape index (κ3) is 3.01. The van der Waals surface area contributed by atoms with Gasteiger partial charge < -0.3 is 9.84 Å². The van der Waals surface area contributed by atoms with Gasteiger partial charge in [-0.05, 0) is 6.92 Å². The molecule has 0 aliphatic carbocycles. The van der Waals surface area contributed by atoms with Gasteiger partial charge in [-0.25, -0.2) is 9.52 Å². The van der Waals surface area contributed by atoms with Crippen molar-refractivity contribution in [2.24, 2.45) is 0 Å². The van der Waals surface area contributed by atoms with Crippen molar-refractivity contribution in [3.8, 4) is 0 Å². The number of nitrogens with one attached hydrogen (secondary N) is 1. The van der Waals surface area contributed by atoms with Gasteiger partial charge in [0.2, 0.25) is 0 Å². The van der Waals surface area contributed by atoms with E-state index in [9.17, 15) is 18.0 Å². The molecule has 1 aliphatic heterocycles. The van der Waals surface area contributed by atoms with Gasteiger partial charge in [0.1, 0.15) is 6.04 Å². The van der Waals surface area contributed by atoms with Crippen LogP contribution in [0.25, 0.3) is 0 Å². The third-order valence-electron chi connectivity index (χ3n) is 2.12. The standard InChI is InChI=1S/C7H12N2O6S2/c1-4-9(5(3-16-4)6(10)11)17(13,14)8-7(12)15-2/h4-5H,3H2,1-2H3,(H,8,12)(H,10,11). The first kappa shape index (κ1) is 14.1. The molecule has 1 aliphatic rings. The van der Waals surface area contributed by atoms with E-state index < -0.39 is 33.7 Å². The molecule has 0 saturated carbocycles. The summed E-state index contributed by atoms with van der Waals surface area (Å²) in [5, 5.41) is 8.34. The van der Waals surface area contributed by atoms with Crippen LogP contribution in [0.5, 0.6) is 0 Å². The topological polar surface area (TPSA) is 113 Å². The number of aliphatic carboxylic acids is 1. The largest absolute Gasteiger partial charge is 0.480 e. The maximum absolute atomic E-state index is 11.8. The molecule has 0 aromatic rings. The molecule has 1 rings (SSSR count). The number of amides is 1. The molecule has 0 spiro atoms. The fourth-order valence-corrected chi connectivity index (χ4v) is 4.34. The van der Waals surface area contributed by atoms with E-state index in [4.69, 9.17) is 5.11 Å². The highest BCUT2D eigenvalue weighted by molar-refractivity contribution is 8.01. The van der Waals surface area contributed by atoms with E-state index in [1.54, 1.807) is 11.6 Å². The summed E-state index contributed by atoms with van der Waals surface area (Å²) in [7, 11) is -3.19. The van der Waals surface area contributed by atoms with Crippen LogP contribution in [0.3, 0.4) is 0 Å². The van der Waals surface area contributed by atoms with Gasteiger partial charge in [-0.2, -0.15) is 12.7 Å². The molecule has 1 fully saturated rings. The third-order valence-corrected chi connectivity index (χ3v) is 5.02. The first-order valence-electron chi connectivity index (χ1n) is 4.53. The molecule has 0 aromatic heterocycles. The average molecular weight is 284 g/mol. The van der Waals surface area contributed by atoms with E-state index in [-0.39, 0.29) is 5.75 Å². The lowest BCUT2D eigenvalue weighted by Gasteiger charge is -2.23. The lowest BCUT2D eigenvalue weighted by Crippen LogP contribution is -2.51. The first-order chi connectivity index (χ1) is 7.79. The maximum Gasteiger partial charge on any atom is 0.421 e. The molecule has 0 bridgehead atoms. The van der Waals surface area contributed by atoms with Crippen LogP contribution in [0.2, 0.25) is 0 Å². The molecule has 10 heteroatoms. The van der Waals surface area contributed by atoms with Gasteiger partial charge in [-0.15, -0.1) is 11.8 Å². The molecule has 8 nitrogen and oxygen atoms in total. The van der Waals surface area contributed by atoms with E-state index in [1.165, 1.54) is 11.8 Å². The second kappa shape index (κ2) is 5.10. The van der Waals surface area contributed by atoms with Crippen molar-refractivity contribution in [3.63, 3.8) is 0 Å². The number of methoxy groups -OCH3 is 1. The molecule has 0 radical (unpaired) electrons. The monoisotopic (exact) mass is 284 g/mol. The molecular formula is C7H12N2O6S2. The second-order valence-corrected chi connectivity index (χ2v) is 6.14. The first-order valence-corrected chi connectivity index (χ1v) is 7.02. The lowest BCUT2D eigenvalue weighted by molar-refractivity contribution is -0.140. The number of rotatable bonds is 3. The van der Waals surface area contributed by atoms with Crippen LogP contribution in [-0.4, -0.2) is 54.2 Å². The minimum absolute atomic E-state index is 0.137. The fraction of sp³-hybridized carbons (Fsp3) is 0.714. The predicted molar refractivity (Wildman–Crippen MR) is 59.6 cm³/mol. The maximum atomic E-state index is 11.8. The van der Waals surface area contributed by atoms with Crippen LogP contribution >= 0.6 is 11.8 Å². The minimum atomic E-state index is -4.21. The highest BCUT2D eigenvalue weighted by Crippen LogP contribution is 2.30. The molecular weight excluding hydrogens is 272 g/mol. The zero-order chi connectivity index (χ0) is 13.2. The zero-order valence-electron chi connectivity index (χ0n) is 9.11. The summed E-state index contributed by atoms with van der Waals surface area (Å²) in [6, 6.07) is -1.18. The number of ether oxygens (including phenoxy) is 1. The number of carboxylic acid groups (broad SMARTS) is 1. The predicted octanol–water partition coefficient (Wildman–Crippen LogP) is -0.565. The Kier molecular flexibility index (Phi) is 4.22. The lowest BCUT2D eigenvalue weighted by atomic mass is 10.3. The quantitative estimate of drug-likeness (QED) is 0.713. The van der Waals surface area contributed by atoms with Crippen molar-refractivity contribution in [2.75, 3.05) is 12.9 Å². The van der Waals surface area contributed by atoms with Crippen molar-refractivity contribution >= 4 is 34.0 Å². The van der Waals surface area contributed by atoms with Crippen molar-refractivity contribution in [1.29, 1.82) is 0 Å². The van der Waals surface area contributed by atoms with Gasteiger partial charge in [0, 0.05) is 5.75 Å². The number of nitrogens with zero attached hydrogens (tertiary/aromatic N) is 1. The Morgan fingerprint density at radius 3 is 2.59 bits per heavy atom. The summed E-state index contributed by atoms with van der Waals surface area (Å²) >= 11 is 1.18. The van der Waals surface area contributed by atoms with Crippen molar-refractivity contribution in [1.82, 2.24) is 9.03 Å². The van der Waals surface area contributed by atoms with E-state index in [0.29, 0.717) is 0 Å². The Bertz CT molecular complexity index is 422. The number of hydrogen-bond acceptors (Lipinski definition) is 6. The minimum Gasteiger partial charge on any atom is -0.480 e. The smallest absolute Gasteiger partial charge is 0.421 e. The van der Waals surface area contributed by atoms with Crippen LogP contribution in [0, 0.1) is 0 Å². The number of hydrogen-bond donors (Lipinski definition) is 2. The Morgan fingerprint density at radius 2 is 2.12 bits per heavy atom. The molecule has 2 unspecified atom stereocenters. The van der Waals surface area contributed by atoms with E-state index in [0.717, 1.165) is 11.4 Å². The fourth-order valence-electron chi connectivity index (χ4n) is 1.37. The molecule has 1 saturated heterocycles. The van der Waals surface area contributed by atoms with E-state index >= 15 is 0 Å². The number of carbonyl (C=O) groups excluding carboxylic acids is 1. The molecule has 1 heterocycles. The number of thioether (sulfide) groups is 1. The van der Waals surface area contributed by atoms with Crippen LogP contribution < -0.4 is 4.72 Å². The van der Waals surface area contributed by atoms with Gasteiger partial charge in [-0.3, -0.25) is 4.79 Å².